The zero-order valence-corrected chi connectivity index (χ0v) is 19.8. The number of carbonyl (C=O) groups excluding carboxylic acids is 3. The highest BCUT2D eigenvalue weighted by atomic mass is 35.5. The fraction of sp³-hybridized carbons (Fsp3) is 0.240. The molecule has 188 valence electrons. The minimum absolute atomic E-state index is 0.0826. The number of aromatic hydroxyl groups is 1. The molecule has 7 nitrogen and oxygen atoms in total. The number of likely N-dealkylation sites (tertiary alicyclic amines) is 1. The fourth-order valence-corrected chi connectivity index (χ4v) is 4.46. The SMILES string of the molecule is CC(=O)c1cn(CC(=O)N2CC(=C(F)F)C[C@H]2C(=O)NCc2cccc(Cl)c2F)c2cc(O)ccc12. The number of hydrogen-bond acceptors (Lipinski definition) is 4. The Morgan fingerprint density at radius 2 is 1.94 bits per heavy atom. The van der Waals surface area contributed by atoms with E-state index in [0.29, 0.717) is 16.5 Å². The molecule has 2 heterocycles. The molecule has 0 bridgehead atoms. The van der Waals surface area contributed by atoms with Gasteiger partial charge in [-0.1, -0.05) is 23.7 Å². The second-order valence-electron chi connectivity index (χ2n) is 8.46. The quantitative estimate of drug-likeness (QED) is 0.472. The number of ketones is 1. The van der Waals surface area contributed by atoms with Crippen molar-refractivity contribution < 1.29 is 32.7 Å². The predicted octanol–water partition coefficient (Wildman–Crippen LogP) is 4.41. The van der Waals surface area contributed by atoms with Crippen molar-refractivity contribution in [2.24, 2.45) is 0 Å². The molecule has 0 radical (unpaired) electrons. The van der Waals surface area contributed by atoms with E-state index in [9.17, 15) is 32.7 Å². The van der Waals surface area contributed by atoms with Gasteiger partial charge in [-0.05, 0) is 25.1 Å². The van der Waals surface area contributed by atoms with Gasteiger partial charge in [0.05, 0.1) is 10.5 Å². The summed E-state index contributed by atoms with van der Waals surface area (Å²) in [7, 11) is 0. The Morgan fingerprint density at radius 1 is 1.19 bits per heavy atom. The monoisotopic (exact) mass is 519 g/mol. The first-order valence-corrected chi connectivity index (χ1v) is 11.3. The Morgan fingerprint density at radius 3 is 2.64 bits per heavy atom. The number of hydrogen-bond donors (Lipinski definition) is 2. The van der Waals surface area contributed by atoms with E-state index in [1.54, 1.807) is 6.07 Å². The van der Waals surface area contributed by atoms with Gasteiger partial charge >= 0.3 is 0 Å². The molecule has 11 heteroatoms. The Balaban J connectivity index is 1.58. The number of aromatic nitrogens is 1. The first kappa shape index (κ1) is 25.3. The molecule has 0 saturated carbocycles. The number of halogens is 4. The average Bonchev–Trinajstić information content (AvgIpc) is 3.42. The minimum Gasteiger partial charge on any atom is -0.508 e. The summed E-state index contributed by atoms with van der Waals surface area (Å²) in [6.07, 6.45) is -0.896. The molecule has 36 heavy (non-hydrogen) atoms. The van der Waals surface area contributed by atoms with Crippen LogP contribution >= 0.6 is 11.6 Å². The molecule has 1 saturated heterocycles. The first-order chi connectivity index (χ1) is 17.1. The van der Waals surface area contributed by atoms with Gasteiger partial charge in [0, 0.05) is 53.9 Å². The van der Waals surface area contributed by atoms with Crippen LogP contribution in [0.1, 0.15) is 29.3 Å². The highest BCUT2D eigenvalue weighted by Crippen LogP contribution is 2.29. The maximum atomic E-state index is 14.2. The third kappa shape index (κ3) is 4.94. The van der Waals surface area contributed by atoms with Crippen LogP contribution in [0.2, 0.25) is 5.02 Å². The summed E-state index contributed by atoms with van der Waals surface area (Å²) in [6, 6.07) is 7.38. The molecular weight excluding hydrogens is 499 g/mol. The van der Waals surface area contributed by atoms with Crippen LogP contribution in [0, 0.1) is 5.82 Å². The van der Waals surface area contributed by atoms with Gasteiger partial charge in [0.1, 0.15) is 24.2 Å². The van der Waals surface area contributed by atoms with Gasteiger partial charge in [0.15, 0.2) is 5.78 Å². The third-order valence-electron chi connectivity index (χ3n) is 6.10. The van der Waals surface area contributed by atoms with E-state index in [0.717, 1.165) is 4.90 Å². The Bertz CT molecular complexity index is 1420. The highest BCUT2D eigenvalue weighted by molar-refractivity contribution is 6.30. The van der Waals surface area contributed by atoms with Crippen molar-refractivity contribution in [2.45, 2.75) is 32.5 Å². The molecule has 2 amide bonds. The molecule has 1 aliphatic heterocycles. The van der Waals surface area contributed by atoms with Crippen molar-refractivity contribution in [3.05, 3.63) is 76.2 Å². The van der Waals surface area contributed by atoms with Crippen LogP contribution in [0.3, 0.4) is 0 Å². The lowest BCUT2D eigenvalue weighted by Gasteiger charge is -2.24. The molecule has 0 aliphatic carbocycles. The summed E-state index contributed by atoms with van der Waals surface area (Å²) < 4.78 is 42.4. The smallest absolute Gasteiger partial charge is 0.271 e. The van der Waals surface area contributed by atoms with Crippen molar-refractivity contribution in [1.82, 2.24) is 14.8 Å². The van der Waals surface area contributed by atoms with Gasteiger partial charge in [-0.3, -0.25) is 14.4 Å². The van der Waals surface area contributed by atoms with E-state index >= 15 is 0 Å². The first-order valence-electron chi connectivity index (χ1n) is 10.9. The summed E-state index contributed by atoms with van der Waals surface area (Å²) >= 11 is 5.76. The lowest BCUT2D eigenvalue weighted by atomic mass is 10.1. The lowest BCUT2D eigenvalue weighted by Crippen LogP contribution is -2.46. The molecule has 2 aromatic carbocycles. The summed E-state index contributed by atoms with van der Waals surface area (Å²) in [6.45, 7) is 0.304. The summed E-state index contributed by atoms with van der Waals surface area (Å²) in [5.74, 6) is -2.42. The van der Waals surface area contributed by atoms with Gasteiger partial charge in [-0.2, -0.15) is 8.78 Å². The van der Waals surface area contributed by atoms with Crippen molar-refractivity contribution in [3.8, 4) is 5.75 Å². The Kier molecular flexibility index (Phi) is 7.07. The molecule has 3 aromatic rings. The maximum absolute atomic E-state index is 14.2. The van der Waals surface area contributed by atoms with E-state index < -0.39 is 36.3 Å². The summed E-state index contributed by atoms with van der Waals surface area (Å²) in [4.78, 5) is 39.2. The molecule has 0 spiro atoms. The molecule has 1 atom stereocenters. The van der Waals surface area contributed by atoms with Gasteiger partial charge in [-0.25, -0.2) is 4.39 Å². The molecule has 1 fully saturated rings. The second kappa shape index (κ2) is 10.1. The van der Waals surface area contributed by atoms with Crippen LogP contribution in [0.15, 0.2) is 54.2 Å². The number of phenols is 1. The van der Waals surface area contributed by atoms with Gasteiger partial charge in [0.25, 0.3) is 6.08 Å². The van der Waals surface area contributed by atoms with Crippen molar-refractivity contribution in [3.63, 3.8) is 0 Å². The average molecular weight is 520 g/mol. The number of Topliss-reactive ketones (excluding diaryl/α,β-unsaturated/α-hetero) is 1. The molecule has 1 aromatic heterocycles. The number of fused-ring (bicyclic) bond motifs is 1. The maximum Gasteiger partial charge on any atom is 0.271 e. The van der Waals surface area contributed by atoms with E-state index in [2.05, 4.69) is 5.32 Å². The van der Waals surface area contributed by atoms with E-state index in [1.807, 2.05) is 0 Å². The highest BCUT2D eigenvalue weighted by Gasteiger charge is 2.38. The van der Waals surface area contributed by atoms with Crippen LogP contribution < -0.4 is 5.32 Å². The van der Waals surface area contributed by atoms with E-state index in [4.69, 9.17) is 11.6 Å². The fourth-order valence-electron chi connectivity index (χ4n) is 4.27. The zero-order chi connectivity index (χ0) is 26.1. The van der Waals surface area contributed by atoms with Crippen LogP contribution in [-0.4, -0.2) is 44.8 Å². The Labute approximate surface area is 208 Å². The number of rotatable bonds is 6. The molecule has 2 N–H and O–H groups in total. The zero-order valence-electron chi connectivity index (χ0n) is 19.0. The second-order valence-corrected chi connectivity index (χ2v) is 8.87. The lowest BCUT2D eigenvalue weighted by molar-refractivity contribution is -0.138. The van der Waals surface area contributed by atoms with Gasteiger partial charge < -0.3 is 19.9 Å². The third-order valence-corrected chi connectivity index (χ3v) is 6.39. The number of nitrogens with one attached hydrogen (secondary N) is 1. The van der Waals surface area contributed by atoms with Gasteiger partial charge in [0.2, 0.25) is 11.8 Å². The number of nitrogens with zero attached hydrogens (tertiary/aromatic N) is 2. The Hall–Kier alpha value is -3.79. The van der Waals surface area contributed by atoms with Crippen LogP contribution in [0.5, 0.6) is 5.75 Å². The predicted molar refractivity (Wildman–Crippen MR) is 126 cm³/mol. The van der Waals surface area contributed by atoms with Crippen LogP contribution in [-0.2, 0) is 22.7 Å². The number of amides is 2. The molecule has 0 unspecified atom stereocenters. The summed E-state index contributed by atoms with van der Waals surface area (Å²) in [5, 5.41) is 12.8. The topological polar surface area (TPSA) is 91.6 Å². The normalized spacial score (nSPS) is 15.4. The molecule has 1 aliphatic rings. The number of phenolic OH excluding ortho intramolecular Hbond substituents is 1. The standard InChI is InChI=1S/C25H21ClF3N3O4/c1-13(33)18-11-31(20-8-16(34)5-6-17(18)20)12-22(35)32-10-15(24(28)29)7-21(32)25(36)30-9-14-3-2-4-19(26)23(14)27/h2-6,8,11,21,34H,7,9-10,12H2,1H3,(H,30,36)/t21-/m0/s1. The molecular formula is C25H21ClF3N3O4. The number of benzene rings is 2. The van der Waals surface area contributed by atoms with E-state index in [-0.39, 0.29) is 47.2 Å². The van der Waals surface area contributed by atoms with Crippen molar-refractivity contribution >= 4 is 40.1 Å². The van der Waals surface area contributed by atoms with Crippen LogP contribution in [0.4, 0.5) is 13.2 Å². The van der Waals surface area contributed by atoms with E-state index in [1.165, 1.54) is 48.0 Å². The van der Waals surface area contributed by atoms with Crippen LogP contribution in [0.25, 0.3) is 10.9 Å². The summed E-state index contributed by atoms with van der Waals surface area (Å²) in [5.41, 5.74) is 0.483. The van der Waals surface area contributed by atoms with Crippen molar-refractivity contribution in [1.29, 1.82) is 0 Å². The molecule has 4 rings (SSSR count). The number of carbonyl (C=O) groups is 3. The largest absolute Gasteiger partial charge is 0.508 e. The van der Waals surface area contributed by atoms with Crippen molar-refractivity contribution in [2.75, 3.05) is 6.54 Å². The minimum atomic E-state index is -1.97. The van der Waals surface area contributed by atoms with Gasteiger partial charge in [-0.15, -0.1) is 0 Å².